The van der Waals surface area contributed by atoms with Crippen molar-refractivity contribution >= 4 is 29.2 Å². The molecule has 0 aliphatic heterocycles. The third kappa shape index (κ3) is 5.71. The Morgan fingerprint density at radius 1 is 1.05 bits per heavy atom. The van der Waals surface area contributed by atoms with Gasteiger partial charge in [0.15, 0.2) is 11.5 Å². The highest BCUT2D eigenvalue weighted by Crippen LogP contribution is 2.44. The van der Waals surface area contributed by atoms with Gasteiger partial charge < -0.3 is 25.3 Å². The number of pyridine rings is 1. The molecule has 3 aromatic rings. The molecule has 0 spiro atoms. The molecule has 1 amide bonds. The second-order valence-corrected chi connectivity index (χ2v) is 9.04. The summed E-state index contributed by atoms with van der Waals surface area (Å²) in [5.41, 5.74) is 9.99. The number of aryl methyl sites for hydroxylation is 1. The second kappa shape index (κ2) is 12.0. The van der Waals surface area contributed by atoms with Crippen molar-refractivity contribution in [3.63, 3.8) is 0 Å². The Hall–Kier alpha value is -4.41. The number of carbonyl (C=O) groups is 1. The lowest BCUT2D eigenvalue weighted by atomic mass is 9.96. The predicted octanol–water partition coefficient (Wildman–Crippen LogP) is 4.84. The van der Waals surface area contributed by atoms with Crippen molar-refractivity contribution in [3.05, 3.63) is 52.6 Å². The van der Waals surface area contributed by atoms with Gasteiger partial charge in [-0.05, 0) is 48.7 Å². The fourth-order valence-corrected chi connectivity index (χ4v) is 4.69. The van der Waals surface area contributed by atoms with Crippen LogP contribution in [0.2, 0.25) is 0 Å². The molecule has 0 saturated heterocycles. The first kappa shape index (κ1) is 27.2. The molecule has 0 fully saturated rings. The van der Waals surface area contributed by atoms with Crippen molar-refractivity contribution in [2.75, 3.05) is 38.1 Å². The minimum absolute atomic E-state index is 0.0208. The lowest BCUT2D eigenvalue weighted by Crippen LogP contribution is -2.13. The van der Waals surface area contributed by atoms with Crippen LogP contribution in [0.25, 0.3) is 11.1 Å². The van der Waals surface area contributed by atoms with Gasteiger partial charge in [0, 0.05) is 23.4 Å². The summed E-state index contributed by atoms with van der Waals surface area (Å²) in [6.07, 6.45) is 0.185. The predicted molar refractivity (Wildman–Crippen MR) is 143 cm³/mol. The van der Waals surface area contributed by atoms with E-state index < -0.39 is 0 Å². The molecule has 0 bridgehead atoms. The van der Waals surface area contributed by atoms with Crippen molar-refractivity contribution in [3.8, 4) is 40.5 Å². The van der Waals surface area contributed by atoms with Gasteiger partial charge in [-0.1, -0.05) is 12.1 Å². The van der Waals surface area contributed by atoms with Crippen LogP contribution in [-0.2, 0) is 4.79 Å². The number of hydrogen-bond acceptors (Lipinski definition) is 9. The molecule has 3 rings (SSSR count). The minimum atomic E-state index is -0.161. The highest BCUT2D eigenvalue weighted by molar-refractivity contribution is 7.99. The number of nitriles is 2. The molecule has 0 saturated carbocycles. The molecule has 0 aliphatic rings. The Kier molecular flexibility index (Phi) is 8.83. The number of ether oxygens (including phenoxy) is 3. The Morgan fingerprint density at radius 2 is 1.70 bits per heavy atom. The number of methoxy groups -OCH3 is 3. The minimum Gasteiger partial charge on any atom is -0.493 e. The molecular formula is C27H27N5O4S. The number of thioether (sulfide) groups is 1. The van der Waals surface area contributed by atoms with E-state index in [1.165, 1.54) is 33.1 Å². The molecule has 0 unspecified atom stereocenters. The number of rotatable bonds is 9. The van der Waals surface area contributed by atoms with E-state index in [0.29, 0.717) is 39.2 Å². The van der Waals surface area contributed by atoms with E-state index in [4.69, 9.17) is 19.9 Å². The summed E-state index contributed by atoms with van der Waals surface area (Å²) in [6.45, 7) is 3.93. The van der Waals surface area contributed by atoms with Gasteiger partial charge in [-0.2, -0.15) is 10.5 Å². The summed E-state index contributed by atoms with van der Waals surface area (Å²) >= 11 is 1.22. The second-order valence-electron chi connectivity index (χ2n) is 7.96. The summed E-state index contributed by atoms with van der Waals surface area (Å²) in [5, 5.41) is 23.1. The molecule has 1 heterocycles. The van der Waals surface area contributed by atoms with Crippen LogP contribution in [0.3, 0.4) is 0 Å². The first-order valence-electron chi connectivity index (χ1n) is 11.2. The molecule has 3 N–H and O–H groups in total. The Balaban J connectivity index is 1.95. The topological polar surface area (TPSA) is 143 Å². The summed E-state index contributed by atoms with van der Waals surface area (Å²) in [7, 11) is 4.43. The highest BCUT2D eigenvalue weighted by Gasteiger charge is 2.23. The van der Waals surface area contributed by atoms with Crippen LogP contribution in [0.1, 0.15) is 28.7 Å². The maximum atomic E-state index is 12.6. The molecule has 190 valence electrons. The van der Waals surface area contributed by atoms with Gasteiger partial charge in [-0.3, -0.25) is 4.79 Å². The number of carbonyl (C=O) groups excluding carboxylic acids is 1. The fraction of sp³-hybridized carbons (Fsp3) is 0.259. The summed E-state index contributed by atoms with van der Waals surface area (Å²) in [5.74, 6) is 1.25. The van der Waals surface area contributed by atoms with E-state index in [1.807, 2.05) is 32.0 Å². The lowest BCUT2D eigenvalue weighted by molar-refractivity contribution is -0.115. The fourth-order valence-electron chi connectivity index (χ4n) is 3.76. The van der Waals surface area contributed by atoms with Crippen molar-refractivity contribution < 1.29 is 19.0 Å². The highest BCUT2D eigenvalue weighted by atomic mass is 32.2. The van der Waals surface area contributed by atoms with Gasteiger partial charge in [0.25, 0.3) is 0 Å². The first-order chi connectivity index (χ1) is 17.8. The monoisotopic (exact) mass is 517 g/mol. The zero-order chi connectivity index (χ0) is 27.1. The van der Waals surface area contributed by atoms with Crippen molar-refractivity contribution in [2.24, 2.45) is 0 Å². The van der Waals surface area contributed by atoms with Crippen molar-refractivity contribution in [1.82, 2.24) is 4.98 Å². The van der Waals surface area contributed by atoms with Gasteiger partial charge >= 0.3 is 0 Å². The van der Waals surface area contributed by atoms with E-state index in [-0.39, 0.29) is 29.3 Å². The number of nitrogens with two attached hydrogens (primary N) is 1. The van der Waals surface area contributed by atoms with Crippen molar-refractivity contribution in [1.29, 1.82) is 10.5 Å². The molecule has 0 atom stereocenters. The molecule has 1 aromatic heterocycles. The maximum absolute atomic E-state index is 12.6. The number of amides is 1. The normalized spacial score (nSPS) is 10.2. The van der Waals surface area contributed by atoms with E-state index >= 15 is 0 Å². The Bertz CT molecular complexity index is 1400. The van der Waals surface area contributed by atoms with E-state index in [1.54, 1.807) is 12.1 Å². The van der Waals surface area contributed by atoms with E-state index in [2.05, 4.69) is 22.4 Å². The van der Waals surface area contributed by atoms with Crippen molar-refractivity contribution in [2.45, 2.75) is 25.3 Å². The quantitative estimate of drug-likeness (QED) is 0.381. The number of nitrogens with one attached hydrogen (secondary N) is 1. The van der Waals surface area contributed by atoms with Crippen LogP contribution in [0.5, 0.6) is 17.2 Å². The lowest BCUT2D eigenvalue weighted by Gasteiger charge is -2.17. The van der Waals surface area contributed by atoms with Gasteiger partial charge in [0.1, 0.15) is 28.5 Å². The van der Waals surface area contributed by atoms with Gasteiger partial charge in [-0.15, -0.1) is 11.8 Å². The first-order valence-corrected chi connectivity index (χ1v) is 12.2. The molecule has 10 heteroatoms. The summed E-state index contributed by atoms with van der Waals surface area (Å²) in [6, 6.07) is 13.2. The molecule has 0 radical (unpaired) electrons. The van der Waals surface area contributed by atoms with E-state index in [9.17, 15) is 15.3 Å². The number of hydrogen-bond donors (Lipinski definition) is 2. The SMILES string of the molecule is COc1cc(-c2c(C#N)c(N)nc(SCCC(=O)Nc3cccc(C)c3C)c2C#N)cc(OC)c1OC. The number of anilines is 2. The Morgan fingerprint density at radius 3 is 2.27 bits per heavy atom. The Labute approximate surface area is 220 Å². The zero-order valence-corrected chi connectivity index (χ0v) is 22.1. The average molecular weight is 518 g/mol. The molecule has 0 aliphatic carbocycles. The van der Waals surface area contributed by atoms with Gasteiger partial charge in [0.2, 0.25) is 11.7 Å². The van der Waals surface area contributed by atoms with Crippen LogP contribution < -0.4 is 25.3 Å². The number of aromatic nitrogens is 1. The average Bonchev–Trinajstić information content (AvgIpc) is 2.89. The largest absolute Gasteiger partial charge is 0.493 e. The van der Waals surface area contributed by atoms with Gasteiger partial charge in [0.05, 0.1) is 26.9 Å². The van der Waals surface area contributed by atoms with Gasteiger partial charge in [-0.25, -0.2) is 4.98 Å². The third-order valence-electron chi connectivity index (χ3n) is 5.82. The van der Waals surface area contributed by atoms with E-state index in [0.717, 1.165) is 16.8 Å². The molecular weight excluding hydrogens is 490 g/mol. The number of nitrogens with zero attached hydrogens (tertiary/aromatic N) is 3. The molecule has 9 nitrogen and oxygen atoms in total. The smallest absolute Gasteiger partial charge is 0.225 e. The summed E-state index contributed by atoms with van der Waals surface area (Å²) in [4.78, 5) is 16.9. The van der Waals surface area contributed by atoms with Crippen LogP contribution in [0, 0.1) is 36.5 Å². The van der Waals surface area contributed by atoms with Crippen LogP contribution >= 0.6 is 11.8 Å². The molecule has 2 aromatic carbocycles. The standard InChI is InChI=1S/C27H27N5O4S/c1-15-7-6-8-20(16(15)2)31-23(33)9-10-37-27-19(14-29)24(18(13-28)26(30)32-27)17-11-21(34-3)25(36-5)22(12-17)35-4/h6-8,11-12H,9-10H2,1-5H3,(H2,30,32)(H,31,33). The van der Waals surface area contributed by atoms with Crippen LogP contribution in [0.4, 0.5) is 11.5 Å². The zero-order valence-electron chi connectivity index (χ0n) is 21.3. The number of benzene rings is 2. The van der Waals surface area contributed by atoms with Crippen LogP contribution in [0.15, 0.2) is 35.4 Å². The van der Waals surface area contributed by atoms with Crippen LogP contribution in [-0.4, -0.2) is 38.0 Å². The maximum Gasteiger partial charge on any atom is 0.225 e. The molecule has 37 heavy (non-hydrogen) atoms. The third-order valence-corrected chi connectivity index (χ3v) is 6.79. The summed E-state index contributed by atoms with van der Waals surface area (Å²) < 4.78 is 16.3. The number of nitrogen functional groups attached to an aromatic ring is 1.